The van der Waals surface area contributed by atoms with Crippen molar-refractivity contribution >= 4 is 17.8 Å². The predicted molar refractivity (Wildman–Crippen MR) is 88.6 cm³/mol. The number of carbonyl (C=O) groups is 3. The summed E-state index contributed by atoms with van der Waals surface area (Å²) in [5, 5.41) is 0. The number of hydrogen-bond donors (Lipinski definition) is 0. The molecule has 1 fully saturated rings. The molecule has 7 nitrogen and oxygen atoms in total. The summed E-state index contributed by atoms with van der Waals surface area (Å²) in [6.45, 7) is 0.925. The third kappa shape index (κ3) is 3.01. The van der Waals surface area contributed by atoms with Crippen LogP contribution in [0.4, 0.5) is 0 Å². The molecule has 1 saturated heterocycles. The summed E-state index contributed by atoms with van der Waals surface area (Å²) >= 11 is 0. The molecule has 1 aromatic carbocycles. The number of hydrogen-bond acceptors (Lipinski definition) is 6. The second-order valence-corrected chi connectivity index (χ2v) is 6.27. The van der Waals surface area contributed by atoms with E-state index in [1.165, 1.54) is 24.5 Å². The zero-order chi connectivity index (χ0) is 18.1. The van der Waals surface area contributed by atoms with Crippen molar-refractivity contribution in [1.82, 2.24) is 4.90 Å². The summed E-state index contributed by atoms with van der Waals surface area (Å²) in [5.41, 5.74) is 0.716. The Balaban J connectivity index is 1.49. The minimum Gasteiger partial charge on any atom is -0.467 e. The van der Waals surface area contributed by atoms with Crippen LogP contribution >= 0.6 is 0 Å². The Hall–Kier alpha value is -2.93. The van der Waals surface area contributed by atoms with E-state index in [4.69, 9.17) is 13.9 Å². The standard InChI is InChI=1S/C19H17NO6/c21-17-15-6-5-12(19(23)26-11-14-4-2-8-25-14)9-16(15)18(22)20(17)10-13-3-1-7-24-13/h1,3,5-7,9,14H,2,4,8,10-11H2/t14-/m0/s1. The average Bonchev–Trinajstić information content (AvgIpc) is 3.39. The Labute approximate surface area is 149 Å². The normalized spacial score (nSPS) is 19.1. The summed E-state index contributed by atoms with van der Waals surface area (Å²) in [6.07, 6.45) is 3.24. The SMILES string of the molecule is O=C(OC[C@@H]1CCCO1)c1ccc2c(c1)C(=O)N(Cc1ccco1)C2=O. The number of esters is 1. The molecule has 26 heavy (non-hydrogen) atoms. The van der Waals surface area contributed by atoms with Crippen LogP contribution in [0, 0.1) is 0 Å². The molecule has 0 radical (unpaired) electrons. The number of fused-ring (bicyclic) bond motifs is 1. The van der Waals surface area contributed by atoms with Crippen molar-refractivity contribution in [2.45, 2.75) is 25.5 Å². The minimum atomic E-state index is -0.534. The summed E-state index contributed by atoms with van der Waals surface area (Å²) in [4.78, 5) is 38.3. The van der Waals surface area contributed by atoms with Crippen molar-refractivity contribution in [3.05, 3.63) is 59.0 Å². The van der Waals surface area contributed by atoms with Gasteiger partial charge in [-0.25, -0.2) is 4.79 Å². The van der Waals surface area contributed by atoms with E-state index in [1.54, 1.807) is 12.1 Å². The first-order valence-electron chi connectivity index (χ1n) is 8.45. The Kier molecular flexibility index (Phi) is 4.30. The van der Waals surface area contributed by atoms with Crippen molar-refractivity contribution in [2.24, 2.45) is 0 Å². The van der Waals surface area contributed by atoms with Crippen LogP contribution in [0.3, 0.4) is 0 Å². The van der Waals surface area contributed by atoms with Gasteiger partial charge in [0.25, 0.3) is 11.8 Å². The Morgan fingerprint density at radius 1 is 1.19 bits per heavy atom. The van der Waals surface area contributed by atoms with E-state index in [9.17, 15) is 14.4 Å². The molecular weight excluding hydrogens is 338 g/mol. The van der Waals surface area contributed by atoms with Gasteiger partial charge in [-0.2, -0.15) is 0 Å². The van der Waals surface area contributed by atoms with Gasteiger partial charge in [-0.15, -0.1) is 0 Å². The van der Waals surface area contributed by atoms with Crippen LogP contribution in [0.5, 0.6) is 0 Å². The van der Waals surface area contributed by atoms with Gasteiger partial charge in [0.1, 0.15) is 12.4 Å². The number of nitrogens with zero attached hydrogens (tertiary/aromatic N) is 1. The molecule has 1 atom stereocenters. The van der Waals surface area contributed by atoms with E-state index in [0.717, 1.165) is 17.7 Å². The zero-order valence-electron chi connectivity index (χ0n) is 14.0. The van der Waals surface area contributed by atoms with Gasteiger partial charge < -0.3 is 13.9 Å². The highest BCUT2D eigenvalue weighted by molar-refractivity contribution is 6.21. The van der Waals surface area contributed by atoms with Crippen molar-refractivity contribution < 1.29 is 28.3 Å². The van der Waals surface area contributed by atoms with Crippen molar-refractivity contribution in [2.75, 3.05) is 13.2 Å². The lowest BCUT2D eigenvalue weighted by molar-refractivity contribution is 0.0161. The van der Waals surface area contributed by atoms with Crippen LogP contribution < -0.4 is 0 Å². The topological polar surface area (TPSA) is 86.1 Å². The lowest BCUT2D eigenvalue weighted by Gasteiger charge is -2.11. The molecule has 134 valence electrons. The van der Waals surface area contributed by atoms with Crippen LogP contribution in [-0.2, 0) is 16.0 Å². The van der Waals surface area contributed by atoms with E-state index in [0.29, 0.717) is 12.4 Å². The van der Waals surface area contributed by atoms with Gasteiger partial charge in [0.2, 0.25) is 0 Å². The van der Waals surface area contributed by atoms with E-state index < -0.39 is 17.8 Å². The van der Waals surface area contributed by atoms with Gasteiger partial charge in [-0.3, -0.25) is 14.5 Å². The lowest BCUT2D eigenvalue weighted by Crippen LogP contribution is -2.28. The van der Waals surface area contributed by atoms with E-state index in [2.05, 4.69) is 0 Å². The second kappa shape index (κ2) is 6.76. The van der Waals surface area contributed by atoms with E-state index in [1.807, 2.05) is 0 Å². The molecule has 0 saturated carbocycles. The fourth-order valence-electron chi connectivity index (χ4n) is 3.15. The van der Waals surface area contributed by atoms with Crippen LogP contribution in [0.1, 0.15) is 49.7 Å². The van der Waals surface area contributed by atoms with Gasteiger partial charge in [0.15, 0.2) is 0 Å². The number of benzene rings is 1. The summed E-state index contributed by atoms with van der Waals surface area (Å²) in [5.74, 6) is -0.875. The summed E-state index contributed by atoms with van der Waals surface area (Å²) < 4.78 is 15.9. The highest BCUT2D eigenvalue weighted by Crippen LogP contribution is 2.26. The molecule has 2 amide bonds. The molecule has 4 rings (SSSR count). The third-order valence-corrected chi connectivity index (χ3v) is 4.52. The van der Waals surface area contributed by atoms with Crippen LogP contribution in [-0.4, -0.2) is 42.0 Å². The van der Waals surface area contributed by atoms with Gasteiger partial charge in [-0.1, -0.05) is 0 Å². The first kappa shape index (κ1) is 16.5. The second-order valence-electron chi connectivity index (χ2n) is 6.27. The maximum atomic E-state index is 12.6. The molecule has 0 aliphatic carbocycles. The first-order chi connectivity index (χ1) is 12.6. The highest BCUT2D eigenvalue weighted by Gasteiger charge is 2.36. The van der Waals surface area contributed by atoms with Crippen molar-refractivity contribution in [3.8, 4) is 0 Å². The van der Waals surface area contributed by atoms with Crippen LogP contribution in [0.25, 0.3) is 0 Å². The minimum absolute atomic E-state index is 0.0537. The fourth-order valence-corrected chi connectivity index (χ4v) is 3.15. The van der Waals surface area contributed by atoms with Gasteiger partial charge in [-0.05, 0) is 43.2 Å². The Morgan fingerprint density at radius 2 is 2.04 bits per heavy atom. The number of furan rings is 1. The molecule has 1 aromatic heterocycles. The Bertz CT molecular complexity index is 851. The van der Waals surface area contributed by atoms with Gasteiger partial charge in [0, 0.05) is 6.61 Å². The zero-order valence-corrected chi connectivity index (χ0v) is 14.0. The molecule has 0 N–H and O–H groups in total. The molecule has 0 unspecified atom stereocenters. The van der Waals surface area contributed by atoms with Gasteiger partial charge >= 0.3 is 5.97 Å². The molecule has 3 heterocycles. The number of imide groups is 1. The molecule has 2 aromatic rings. The summed E-state index contributed by atoms with van der Waals surface area (Å²) in [7, 11) is 0. The number of ether oxygens (including phenoxy) is 2. The van der Waals surface area contributed by atoms with Crippen molar-refractivity contribution in [3.63, 3.8) is 0 Å². The maximum absolute atomic E-state index is 12.6. The number of carbonyl (C=O) groups excluding carboxylic acids is 3. The molecule has 2 aliphatic rings. The van der Waals surface area contributed by atoms with Gasteiger partial charge in [0.05, 0.1) is 35.6 Å². The monoisotopic (exact) mass is 355 g/mol. The lowest BCUT2D eigenvalue weighted by atomic mass is 10.1. The average molecular weight is 355 g/mol. The number of amides is 2. The van der Waals surface area contributed by atoms with Crippen molar-refractivity contribution in [1.29, 1.82) is 0 Å². The largest absolute Gasteiger partial charge is 0.467 e. The van der Waals surface area contributed by atoms with E-state index >= 15 is 0 Å². The summed E-state index contributed by atoms with van der Waals surface area (Å²) in [6, 6.07) is 7.78. The molecule has 0 bridgehead atoms. The van der Waals surface area contributed by atoms with E-state index in [-0.39, 0.29) is 35.9 Å². The first-order valence-corrected chi connectivity index (χ1v) is 8.45. The fraction of sp³-hybridized carbons (Fsp3) is 0.316. The quantitative estimate of drug-likeness (QED) is 0.605. The Morgan fingerprint density at radius 3 is 2.77 bits per heavy atom. The third-order valence-electron chi connectivity index (χ3n) is 4.52. The molecule has 2 aliphatic heterocycles. The molecule has 0 spiro atoms. The highest BCUT2D eigenvalue weighted by atomic mass is 16.6. The number of rotatable bonds is 5. The van der Waals surface area contributed by atoms with Crippen LogP contribution in [0.15, 0.2) is 41.0 Å². The maximum Gasteiger partial charge on any atom is 0.338 e. The molecular formula is C19H17NO6. The predicted octanol–water partition coefficient (Wildman–Crippen LogP) is 2.41. The van der Waals surface area contributed by atoms with Crippen LogP contribution in [0.2, 0.25) is 0 Å². The molecule has 7 heteroatoms. The smallest absolute Gasteiger partial charge is 0.338 e.